The third-order valence-electron chi connectivity index (χ3n) is 5.00. The predicted molar refractivity (Wildman–Crippen MR) is 126 cm³/mol. The molecule has 0 N–H and O–H groups in total. The van der Waals surface area contributed by atoms with E-state index in [1.165, 1.54) is 11.3 Å². The van der Waals surface area contributed by atoms with Gasteiger partial charge in [0, 0.05) is 0 Å². The van der Waals surface area contributed by atoms with Gasteiger partial charge in [0.25, 0.3) is 5.56 Å². The lowest BCUT2D eigenvalue weighted by molar-refractivity contribution is 0.217. The third kappa shape index (κ3) is 4.02. The molecule has 5 rings (SSSR count). The maximum atomic E-state index is 12.9. The van der Waals surface area contributed by atoms with Crippen molar-refractivity contribution < 1.29 is 14.2 Å². The zero-order valence-electron chi connectivity index (χ0n) is 17.4. The quantitative estimate of drug-likeness (QED) is 0.356. The van der Waals surface area contributed by atoms with Crippen LogP contribution in [0.25, 0.3) is 22.1 Å². The van der Waals surface area contributed by atoms with Crippen LogP contribution in [0.15, 0.2) is 77.6 Å². The number of benzene rings is 3. The van der Waals surface area contributed by atoms with E-state index in [-0.39, 0.29) is 5.56 Å². The number of hydrogen-bond acceptors (Lipinski definition) is 6. The first-order valence-corrected chi connectivity index (χ1v) is 10.9. The van der Waals surface area contributed by atoms with Crippen LogP contribution in [0, 0.1) is 0 Å². The molecule has 0 spiro atoms. The molecule has 7 heteroatoms. The van der Waals surface area contributed by atoms with Gasteiger partial charge in [-0.2, -0.15) is 0 Å². The molecule has 0 atom stereocenters. The second-order valence-electron chi connectivity index (χ2n) is 7.08. The zero-order valence-corrected chi connectivity index (χ0v) is 18.2. The third-order valence-corrected chi connectivity index (χ3v) is 5.97. The molecular formula is C25H20N2O4S. The number of fused-ring (bicyclic) bond motifs is 3. The van der Waals surface area contributed by atoms with Crippen LogP contribution in [-0.2, 0) is 0 Å². The molecule has 0 saturated carbocycles. The highest BCUT2D eigenvalue weighted by atomic mass is 32.1. The molecule has 3 aromatic carbocycles. The molecule has 6 nitrogen and oxygen atoms in total. The lowest BCUT2D eigenvalue weighted by atomic mass is 10.2. The van der Waals surface area contributed by atoms with Gasteiger partial charge in [-0.15, -0.1) is 0 Å². The van der Waals surface area contributed by atoms with Crippen molar-refractivity contribution in [2.45, 2.75) is 0 Å². The summed E-state index contributed by atoms with van der Waals surface area (Å²) in [6.07, 6.45) is 1.88. The van der Waals surface area contributed by atoms with Gasteiger partial charge in [0.15, 0.2) is 4.96 Å². The van der Waals surface area contributed by atoms with Gasteiger partial charge in [0.05, 0.1) is 22.7 Å². The fraction of sp³-hybridized carbons (Fsp3) is 0.120. The zero-order chi connectivity index (χ0) is 21.9. The molecule has 0 aliphatic carbocycles. The van der Waals surface area contributed by atoms with Gasteiger partial charge in [-0.25, -0.2) is 9.38 Å². The summed E-state index contributed by atoms with van der Waals surface area (Å²) in [5.41, 5.74) is 2.55. The Morgan fingerprint density at radius 2 is 1.50 bits per heavy atom. The smallest absolute Gasteiger partial charge is 0.274 e. The molecule has 0 fully saturated rings. The SMILES string of the molecule is COc1ccc(OCCOc2ccc(/C=c3/sc4nc5ccccc5n4c3=O)cc2)cc1. The first-order valence-electron chi connectivity index (χ1n) is 10.1. The highest BCUT2D eigenvalue weighted by Gasteiger charge is 2.10. The van der Waals surface area contributed by atoms with Gasteiger partial charge in [-0.1, -0.05) is 35.6 Å². The summed E-state index contributed by atoms with van der Waals surface area (Å²) in [6, 6.07) is 22.7. The maximum absolute atomic E-state index is 12.9. The number of hydrogen-bond donors (Lipinski definition) is 0. The number of nitrogens with zero attached hydrogens (tertiary/aromatic N) is 2. The van der Waals surface area contributed by atoms with E-state index < -0.39 is 0 Å². The van der Waals surface area contributed by atoms with Gasteiger partial charge < -0.3 is 14.2 Å². The van der Waals surface area contributed by atoms with Crippen molar-refractivity contribution in [2.75, 3.05) is 20.3 Å². The van der Waals surface area contributed by atoms with Crippen molar-refractivity contribution in [1.29, 1.82) is 0 Å². The first kappa shape index (κ1) is 20.1. The number of rotatable bonds is 7. The molecule has 0 saturated heterocycles. The van der Waals surface area contributed by atoms with Crippen molar-refractivity contribution in [2.24, 2.45) is 0 Å². The van der Waals surface area contributed by atoms with E-state index in [1.807, 2.05) is 78.9 Å². The van der Waals surface area contributed by atoms with Crippen molar-refractivity contribution >= 4 is 33.4 Å². The van der Waals surface area contributed by atoms with Crippen molar-refractivity contribution in [1.82, 2.24) is 9.38 Å². The highest BCUT2D eigenvalue weighted by Crippen LogP contribution is 2.18. The van der Waals surface area contributed by atoms with Gasteiger partial charge >= 0.3 is 0 Å². The van der Waals surface area contributed by atoms with Crippen LogP contribution >= 0.6 is 11.3 Å². The Morgan fingerprint density at radius 3 is 2.19 bits per heavy atom. The molecule has 2 aromatic heterocycles. The Labute approximate surface area is 187 Å². The summed E-state index contributed by atoms with van der Waals surface area (Å²) in [5.74, 6) is 2.30. The van der Waals surface area contributed by atoms with E-state index >= 15 is 0 Å². The molecule has 160 valence electrons. The van der Waals surface area contributed by atoms with Gasteiger partial charge in [0.2, 0.25) is 0 Å². The summed E-state index contributed by atoms with van der Waals surface area (Å²) < 4.78 is 18.9. The Hall–Kier alpha value is -3.84. The number of ether oxygens (including phenoxy) is 3. The predicted octanol–water partition coefficient (Wildman–Crippen LogP) is 3.92. The monoisotopic (exact) mass is 444 g/mol. The molecule has 0 radical (unpaired) electrons. The van der Waals surface area contributed by atoms with E-state index in [1.54, 1.807) is 11.5 Å². The molecule has 0 bridgehead atoms. The second kappa shape index (κ2) is 8.72. The maximum Gasteiger partial charge on any atom is 0.274 e. The van der Waals surface area contributed by atoms with E-state index in [4.69, 9.17) is 14.2 Å². The lowest BCUT2D eigenvalue weighted by Crippen LogP contribution is -2.22. The van der Waals surface area contributed by atoms with E-state index in [0.717, 1.165) is 33.8 Å². The minimum absolute atomic E-state index is 0.0466. The van der Waals surface area contributed by atoms with Crippen LogP contribution < -0.4 is 24.3 Å². The fourth-order valence-corrected chi connectivity index (χ4v) is 4.40. The van der Waals surface area contributed by atoms with Crippen LogP contribution in [0.2, 0.25) is 0 Å². The van der Waals surface area contributed by atoms with Crippen LogP contribution in [0.4, 0.5) is 0 Å². The Kier molecular flexibility index (Phi) is 5.47. The number of imidazole rings is 1. The Balaban J connectivity index is 1.24. The lowest BCUT2D eigenvalue weighted by Gasteiger charge is -2.09. The van der Waals surface area contributed by atoms with Crippen LogP contribution in [-0.4, -0.2) is 29.7 Å². The largest absolute Gasteiger partial charge is 0.497 e. The van der Waals surface area contributed by atoms with Crippen LogP contribution in [0.1, 0.15) is 5.56 Å². The minimum Gasteiger partial charge on any atom is -0.497 e. The first-order chi connectivity index (χ1) is 15.7. The molecular weight excluding hydrogens is 424 g/mol. The Bertz CT molecular complexity index is 1470. The molecule has 0 aliphatic heterocycles. The van der Waals surface area contributed by atoms with E-state index in [2.05, 4.69) is 4.98 Å². The van der Waals surface area contributed by atoms with Gasteiger partial charge in [0.1, 0.15) is 30.5 Å². The summed E-state index contributed by atoms with van der Waals surface area (Å²) in [4.78, 5) is 18.1. The van der Waals surface area contributed by atoms with Crippen molar-refractivity contribution in [3.8, 4) is 17.2 Å². The number of para-hydroxylation sites is 2. The topological polar surface area (TPSA) is 62.1 Å². The summed E-state index contributed by atoms with van der Waals surface area (Å²) in [5, 5.41) is 0. The molecule has 5 aromatic rings. The molecule has 32 heavy (non-hydrogen) atoms. The van der Waals surface area contributed by atoms with Gasteiger partial charge in [-0.05, 0) is 60.2 Å². The molecule has 0 amide bonds. The van der Waals surface area contributed by atoms with Crippen LogP contribution in [0.3, 0.4) is 0 Å². The molecule has 0 unspecified atom stereocenters. The number of thiazole rings is 1. The second-order valence-corrected chi connectivity index (χ2v) is 8.08. The highest BCUT2D eigenvalue weighted by molar-refractivity contribution is 7.15. The van der Waals surface area contributed by atoms with Crippen LogP contribution in [0.5, 0.6) is 17.2 Å². The van der Waals surface area contributed by atoms with E-state index in [9.17, 15) is 4.79 Å². The normalized spacial score (nSPS) is 11.8. The Morgan fingerprint density at radius 1 is 0.875 bits per heavy atom. The van der Waals surface area contributed by atoms with Gasteiger partial charge in [-0.3, -0.25) is 4.79 Å². The van der Waals surface area contributed by atoms with Crippen molar-refractivity contribution in [3.05, 3.63) is 93.2 Å². The fourth-order valence-electron chi connectivity index (χ4n) is 3.41. The number of aromatic nitrogens is 2. The van der Waals surface area contributed by atoms with Crippen molar-refractivity contribution in [3.63, 3.8) is 0 Å². The summed E-state index contributed by atoms with van der Waals surface area (Å²) >= 11 is 1.39. The molecule has 0 aliphatic rings. The average Bonchev–Trinajstić information content (AvgIpc) is 3.34. The summed E-state index contributed by atoms with van der Waals surface area (Å²) in [7, 11) is 1.63. The molecule has 2 heterocycles. The average molecular weight is 445 g/mol. The van der Waals surface area contributed by atoms with E-state index in [0.29, 0.717) is 22.7 Å². The minimum atomic E-state index is -0.0466. The standard InChI is InChI=1S/C25H20N2O4S/c1-29-18-10-12-20(13-11-18)31-15-14-30-19-8-6-17(7-9-19)16-23-24(28)27-22-5-3-2-4-21(22)26-25(27)32-23/h2-13,16H,14-15H2,1H3/b23-16+. The number of methoxy groups -OCH3 is 1. The summed E-state index contributed by atoms with van der Waals surface area (Å²) in [6.45, 7) is 0.859.